The average Bonchev–Trinajstić information content (AvgIpc) is 3.04. The van der Waals surface area contributed by atoms with Crippen molar-refractivity contribution in [2.75, 3.05) is 12.3 Å². The number of pyridine rings is 1. The number of rotatable bonds is 4. The van der Waals surface area contributed by atoms with Crippen LogP contribution in [0.3, 0.4) is 0 Å². The van der Waals surface area contributed by atoms with Crippen molar-refractivity contribution in [3.8, 4) is 0 Å². The van der Waals surface area contributed by atoms with Crippen molar-refractivity contribution in [1.82, 2.24) is 4.90 Å². The van der Waals surface area contributed by atoms with Crippen LogP contribution >= 0.6 is 23.4 Å². The zero-order valence-corrected chi connectivity index (χ0v) is 14.1. The molecule has 1 saturated heterocycles. The van der Waals surface area contributed by atoms with Crippen LogP contribution < -0.4 is 4.73 Å². The number of amides is 1. The fourth-order valence-electron chi connectivity index (χ4n) is 2.84. The topological polar surface area (TPSA) is 47.2 Å². The van der Waals surface area contributed by atoms with Crippen LogP contribution in [0.2, 0.25) is 5.02 Å². The first kappa shape index (κ1) is 16.1. The number of likely N-dealkylation sites (tertiary alicyclic amines) is 1. The van der Waals surface area contributed by atoms with Gasteiger partial charge in [-0.05, 0) is 48.4 Å². The van der Waals surface area contributed by atoms with Gasteiger partial charge in [0.05, 0.1) is 11.8 Å². The summed E-state index contributed by atoms with van der Waals surface area (Å²) in [7, 11) is 0. The van der Waals surface area contributed by atoms with Gasteiger partial charge < -0.3 is 10.1 Å². The van der Waals surface area contributed by atoms with E-state index in [2.05, 4.69) is 0 Å². The number of carbonyl (C=O) groups is 1. The van der Waals surface area contributed by atoms with Gasteiger partial charge in [-0.1, -0.05) is 23.7 Å². The molecule has 2 aromatic rings. The van der Waals surface area contributed by atoms with Gasteiger partial charge in [-0.2, -0.15) is 4.73 Å². The Morgan fingerprint density at radius 1 is 1.30 bits per heavy atom. The Morgan fingerprint density at radius 3 is 2.83 bits per heavy atom. The molecule has 6 heteroatoms. The Balaban J connectivity index is 1.66. The van der Waals surface area contributed by atoms with Crippen molar-refractivity contribution < 1.29 is 9.52 Å². The highest BCUT2D eigenvalue weighted by molar-refractivity contribution is 7.99. The van der Waals surface area contributed by atoms with Gasteiger partial charge in [0.15, 0.2) is 6.20 Å². The van der Waals surface area contributed by atoms with E-state index in [9.17, 15) is 10.0 Å². The fraction of sp³-hybridized carbons (Fsp3) is 0.294. The van der Waals surface area contributed by atoms with E-state index in [4.69, 9.17) is 11.6 Å². The zero-order chi connectivity index (χ0) is 16.2. The summed E-state index contributed by atoms with van der Waals surface area (Å²) < 4.78 is 0.790. The van der Waals surface area contributed by atoms with Gasteiger partial charge in [0.1, 0.15) is 0 Å². The van der Waals surface area contributed by atoms with Gasteiger partial charge in [0.25, 0.3) is 5.03 Å². The van der Waals surface area contributed by atoms with E-state index in [1.54, 1.807) is 18.2 Å². The summed E-state index contributed by atoms with van der Waals surface area (Å²) in [5, 5.41) is 12.9. The molecule has 1 aromatic carbocycles. The van der Waals surface area contributed by atoms with Crippen LogP contribution in [0.15, 0.2) is 53.7 Å². The number of benzene rings is 1. The molecule has 3 rings (SSSR count). The molecule has 0 unspecified atom stereocenters. The van der Waals surface area contributed by atoms with Crippen LogP contribution in [0.1, 0.15) is 24.4 Å². The molecular weight excluding hydrogens is 332 g/mol. The summed E-state index contributed by atoms with van der Waals surface area (Å²) in [4.78, 5) is 14.5. The molecule has 0 N–H and O–H groups in total. The molecule has 0 spiro atoms. The van der Waals surface area contributed by atoms with Crippen LogP contribution in [0.5, 0.6) is 0 Å². The predicted octanol–water partition coefficient (Wildman–Crippen LogP) is 3.43. The minimum atomic E-state index is 0.0660. The van der Waals surface area contributed by atoms with Crippen LogP contribution in [0, 0.1) is 5.21 Å². The van der Waals surface area contributed by atoms with E-state index in [1.165, 1.54) is 18.0 Å². The van der Waals surface area contributed by atoms with E-state index in [0.29, 0.717) is 10.0 Å². The highest BCUT2D eigenvalue weighted by atomic mass is 35.5. The average molecular weight is 349 g/mol. The molecular formula is C17H17ClN2O2S. The summed E-state index contributed by atoms with van der Waals surface area (Å²) in [5.74, 6) is 0.340. The molecule has 4 nitrogen and oxygen atoms in total. The molecule has 1 aromatic heterocycles. The summed E-state index contributed by atoms with van der Waals surface area (Å²) in [6.45, 7) is 0.763. The second-order valence-corrected chi connectivity index (χ2v) is 6.88. The Kier molecular flexibility index (Phi) is 5.08. The Morgan fingerprint density at radius 2 is 2.09 bits per heavy atom. The number of aromatic nitrogens is 1. The molecule has 2 heterocycles. The van der Waals surface area contributed by atoms with Crippen molar-refractivity contribution in [3.05, 3.63) is 64.5 Å². The molecule has 23 heavy (non-hydrogen) atoms. The quantitative estimate of drug-likeness (QED) is 0.483. The van der Waals surface area contributed by atoms with Gasteiger partial charge in [0, 0.05) is 23.7 Å². The third-order valence-corrected chi connectivity index (χ3v) is 5.22. The number of hydrogen-bond acceptors (Lipinski definition) is 3. The maximum absolute atomic E-state index is 12.5. The van der Waals surface area contributed by atoms with Crippen molar-refractivity contribution in [2.24, 2.45) is 0 Å². The number of hydrogen-bond donors (Lipinski definition) is 0. The third-order valence-electron chi connectivity index (χ3n) is 3.96. The van der Waals surface area contributed by atoms with Gasteiger partial charge in [-0.3, -0.25) is 4.79 Å². The normalized spacial score (nSPS) is 17.4. The fourth-order valence-corrected chi connectivity index (χ4v) is 3.77. The van der Waals surface area contributed by atoms with Crippen molar-refractivity contribution in [3.63, 3.8) is 0 Å². The minimum absolute atomic E-state index is 0.0660. The van der Waals surface area contributed by atoms with Crippen molar-refractivity contribution >= 4 is 29.3 Å². The van der Waals surface area contributed by atoms with E-state index in [-0.39, 0.29) is 17.7 Å². The molecule has 0 aliphatic carbocycles. The lowest BCUT2D eigenvalue weighted by atomic mass is 10.0. The Hall–Kier alpha value is -1.72. The first-order valence-electron chi connectivity index (χ1n) is 7.51. The lowest BCUT2D eigenvalue weighted by Crippen LogP contribution is -2.33. The van der Waals surface area contributed by atoms with Crippen LogP contribution in [-0.2, 0) is 4.79 Å². The standard InChI is InChI=1S/C17H17ClN2O2S/c18-14-8-6-13(7-9-14)15-4-3-10-19(15)16(21)12-23-17-5-1-2-11-20(17)22/h1-2,5-9,11,15H,3-4,10,12H2/t15-/m1/s1. The van der Waals surface area contributed by atoms with Crippen LogP contribution in [0.4, 0.5) is 0 Å². The van der Waals surface area contributed by atoms with Gasteiger partial charge in [-0.25, -0.2) is 0 Å². The first-order chi connectivity index (χ1) is 11.1. The molecule has 1 aliphatic heterocycles. The number of thioether (sulfide) groups is 1. The van der Waals surface area contributed by atoms with E-state index in [1.807, 2.05) is 29.2 Å². The highest BCUT2D eigenvalue weighted by Gasteiger charge is 2.30. The van der Waals surface area contributed by atoms with Gasteiger partial charge in [0.2, 0.25) is 5.91 Å². The second kappa shape index (κ2) is 7.23. The Labute approximate surface area is 144 Å². The van der Waals surface area contributed by atoms with Crippen LogP contribution in [0.25, 0.3) is 0 Å². The van der Waals surface area contributed by atoms with E-state index < -0.39 is 0 Å². The zero-order valence-electron chi connectivity index (χ0n) is 12.5. The first-order valence-corrected chi connectivity index (χ1v) is 8.87. The molecule has 0 saturated carbocycles. The molecule has 120 valence electrons. The molecule has 0 bridgehead atoms. The van der Waals surface area contributed by atoms with Gasteiger partial charge in [-0.15, -0.1) is 0 Å². The summed E-state index contributed by atoms with van der Waals surface area (Å²) >= 11 is 7.21. The summed E-state index contributed by atoms with van der Waals surface area (Å²) in [5.41, 5.74) is 1.11. The number of halogens is 1. The highest BCUT2D eigenvalue weighted by Crippen LogP contribution is 2.33. The maximum Gasteiger partial charge on any atom is 0.251 e. The van der Waals surface area contributed by atoms with Crippen LogP contribution in [-0.4, -0.2) is 23.1 Å². The molecule has 0 radical (unpaired) electrons. The van der Waals surface area contributed by atoms with Crippen molar-refractivity contribution in [2.45, 2.75) is 23.9 Å². The number of carbonyl (C=O) groups excluding carboxylic acids is 1. The second-order valence-electron chi connectivity index (χ2n) is 5.45. The minimum Gasteiger partial charge on any atom is -0.618 e. The third kappa shape index (κ3) is 3.79. The SMILES string of the molecule is O=C(CSc1cccc[n+]1[O-])N1CCC[C@@H]1c1ccc(Cl)cc1. The predicted molar refractivity (Wildman–Crippen MR) is 91.3 cm³/mol. The molecule has 1 atom stereocenters. The lowest BCUT2D eigenvalue weighted by molar-refractivity contribution is -0.645. The maximum atomic E-state index is 12.5. The molecule has 1 fully saturated rings. The Bertz CT molecular complexity index is 693. The lowest BCUT2D eigenvalue weighted by Gasteiger charge is -2.25. The van der Waals surface area contributed by atoms with E-state index in [0.717, 1.165) is 29.7 Å². The monoisotopic (exact) mass is 348 g/mol. The molecule has 1 amide bonds. The van der Waals surface area contributed by atoms with Gasteiger partial charge >= 0.3 is 0 Å². The van der Waals surface area contributed by atoms with Crippen molar-refractivity contribution in [1.29, 1.82) is 0 Å². The van der Waals surface area contributed by atoms with E-state index >= 15 is 0 Å². The number of nitrogens with zero attached hydrogens (tertiary/aromatic N) is 2. The molecule has 1 aliphatic rings. The smallest absolute Gasteiger partial charge is 0.251 e. The largest absolute Gasteiger partial charge is 0.618 e. The summed E-state index contributed by atoms with van der Waals surface area (Å²) in [6, 6.07) is 13.0. The summed E-state index contributed by atoms with van der Waals surface area (Å²) in [6.07, 6.45) is 3.40.